The van der Waals surface area contributed by atoms with Crippen molar-refractivity contribution >= 4 is 0 Å². The van der Waals surface area contributed by atoms with E-state index in [1.165, 1.54) is 116 Å². The van der Waals surface area contributed by atoms with Crippen LogP contribution in [0.3, 0.4) is 0 Å². The number of nitrogens with one attached hydrogen (secondary N) is 2. The summed E-state index contributed by atoms with van der Waals surface area (Å²) in [6, 6.07) is 0. The molecule has 2 N–H and O–H groups in total. The highest BCUT2D eigenvalue weighted by Gasteiger charge is 2.01. The number of nitrogens with zero attached hydrogens (tertiary/aromatic N) is 1. The van der Waals surface area contributed by atoms with E-state index in [1.807, 2.05) is 0 Å². The molecule has 180 valence electrons. The summed E-state index contributed by atoms with van der Waals surface area (Å²) in [5.41, 5.74) is 0. The molecule has 0 amide bonds. The maximum absolute atomic E-state index is 3.39. The Kier molecular flexibility index (Phi) is 40.8. The van der Waals surface area contributed by atoms with E-state index in [9.17, 15) is 0 Å². The van der Waals surface area contributed by atoms with Crippen LogP contribution in [0.4, 0.5) is 0 Å². The molecule has 0 spiro atoms. The number of hydrogen-bond acceptors (Lipinski definition) is 3. The second kappa shape index (κ2) is 35.3. The van der Waals surface area contributed by atoms with Gasteiger partial charge in [-0.3, -0.25) is 0 Å². The summed E-state index contributed by atoms with van der Waals surface area (Å²) < 4.78 is 0. The van der Waals surface area contributed by atoms with Crippen LogP contribution < -0.4 is 10.6 Å². The zero-order chi connectivity index (χ0) is 22.4. The quantitative estimate of drug-likeness (QED) is 0.217. The fourth-order valence-corrected chi connectivity index (χ4v) is 2.69. The monoisotopic (exact) mass is 415 g/mol. The minimum Gasteiger partial charge on any atom is -0.317 e. The second-order valence-corrected chi connectivity index (χ2v) is 8.07. The van der Waals surface area contributed by atoms with Crippen molar-refractivity contribution in [3.05, 3.63) is 0 Å². The van der Waals surface area contributed by atoms with Gasteiger partial charge in [0.2, 0.25) is 0 Å². The third-order valence-electron chi connectivity index (χ3n) is 4.86. The first-order valence-corrected chi connectivity index (χ1v) is 13.3. The van der Waals surface area contributed by atoms with Gasteiger partial charge in [0.1, 0.15) is 0 Å². The first kappa shape index (κ1) is 33.5. The van der Waals surface area contributed by atoms with Crippen molar-refractivity contribution in [3.8, 4) is 0 Å². The molecule has 0 aromatic rings. The maximum Gasteiger partial charge on any atom is -0.00188 e. The molecule has 0 aliphatic rings. The van der Waals surface area contributed by atoms with Crippen LogP contribution in [0, 0.1) is 0 Å². The second-order valence-electron chi connectivity index (χ2n) is 8.07. The lowest BCUT2D eigenvalue weighted by Crippen LogP contribution is -2.27. The van der Waals surface area contributed by atoms with Crippen molar-refractivity contribution in [2.24, 2.45) is 0 Å². The molecule has 0 bridgehead atoms. The number of hydrogen-bond donors (Lipinski definition) is 2. The molecule has 3 heteroatoms. The predicted molar refractivity (Wildman–Crippen MR) is 137 cm³/mol. The molecule has 0 radical (unpaired) electrons. The third kappa shape index (κ3) is 39.0. The van der Waals surface area contributed by atoms with Crippen molar-refractivity contribution in [1.29, 1.82) is 0 Å². The average Bonchev–Trinajstić information content (AvgIpc) is 2.74. The highest BCUT2D eigenvalue weighted by molar-refractivity contribution is 4.57. The van der Waals surface area contributed by atoms with E-state index in [2.05, 4.69) is 64.0 Å². The van der Waals surface area contributed by atoms with Crippen molar-refractivity contribution in [1.82, 2.24) is 15.5 Å². The van der Waals surface area contributed by atoms with E-state index in [0.717, 1.165) is 6.54 Å². The molecule has 0 fully saturated rings. The van der Waals surface area contributed by atoms with Gasteiger partial charge < -0.3 is 15.5 Å². The van der Waals surface area contributed by atoms with Crippen LogP contribution in [0.2, 0.25) is 0 Å². The van der Waals surface area contributed by atoms with E-state index >= 15 is 0 Å². The Bertz CT molecular complexity index is 205. The van der Waals surface area contributed by atoms with Gasteiger partial charge in [-0.25, -0.2) is 0 Å². The van der Waals surface area contributed by atoms with E-state index < -0.39 is 0 Å². The lowest BCUT2D eigenvalue weighted by molar-refractivity contribution is 0.261. The predicted octanol–water partition coefficient (Wildman–Crippen LogP) is 7.26. The van der Waals surface area contributed by atoms with Crippen molar-refractivity contribution in [3.63, 3.8) is 0 Å². The van der Waals surface area contributed by atoms with Crippen LogP contribution in [0.1, 0.15) is 126 Å². The van der Waals surface area contributed by atoms with Crippen LogP contribution in [0.15, 0.2) is 0 Å². The smallest absolute Gasteiger partial charge is 0.00188 e. The minimum atomic E-state index is 1.11. The van der Waals surface area contributed by atoms with E-state index in [0.29, 0.717) is 0 Å². The standard InChI is InChI=1S/C12H27N.C8H19N.C6H15N/c1-4-7-10-13(11-8-5-2)12-9-6-3;1-3-5-7-9-8-6-4-2;1-3-5-6-7-4-2/h4-12H2,1-3H3;9H,3-8H2,1-2H3;7H,3-6H2,1-2H3. The molecule has 0 aliphatic heterocycles. The Labute approximate surface area is 187 Å². The molecule has 0 saturated carbocycles. The van der Waals surface area contributed by atoms with Gasteiger partial charge in [-0.1, -0.05) is 87.0 Å². The molecule has 0 heterocycles. The van der Waals surface area contributed by atoms with E-state index in [4.69, 9.17) is 0 Å². The Hall–Kier alpha value is -0.120. The molecule has 29 heavy (non-hydrogen) atoms. The Balaban J connectivity index is -0.000000370. The summed E-state index contributed by atoms with van der Waals surface area (Å²) in [5.74, 6) is 0. The van der Waals surface area contributed by atoms with E-state index in [1.54, 1.807) is 0 Å². The molecule has 0 aliphatic carbocycles. The lowest BCUT2D eigenvalue weighted by atomic mass is 10.2. The zero-order valence-electron chi connectivity index (χ0n) is 21.9. The lowest BCUT2D eigenvalue weighted by Gasteiger charge is -2.21. The summed E-state index contributed by atoms with van der Waals surface area (Å²) in [5, 5.41) is 6.64. The van der Waals surface area contributed by atoms with Gasteiger partial charge in [0.25, 0.3) is 0 Å². The topological polar surface area (TPSA) is 27.3 Å². The normalized spacial score (nSPS) is 10.3. The van der Waals surface area contributed by atoms with Crippen LogP contribution in [-0.2, 0) is 0 Å². The van der Waals surface area contributed by atoms with Gasteiger partial charge in [0.15, 0.2) is 0 Å². The SMILES string of the molecule is CCCCN(CCCC)CCCC.CCCCNCC.CCCCNCCCC. The molecule has 0 rings (SSSR count). The van der Waals surface area contributed by atoms with Crippen molar-refractivity contribution in [2.45, 2.75) is 126 Å². The summed E-state index contributed by atoms with van der Waals surface area (Å²) in [6.07, 6.45) is 16.0. The summed E-state index contributed by atoms with van der Waals surface area (Å²) >= 11 is 0. The molecule has 3 nitrogen and oxygen atoms in total. The summed E-state index contributed by atoms with van der Waals surface area (Å²) in [6.45, 7) is 24.3. The van der Waals surface area contributed by atoms with Crippen LogP contribution in [-0.4, -0.2) is 50.7 Å². The molecule has 0 atom stereocenters. The molecular formula is C26H61N3. The highest BCUT2D eigenvalue weighted by Crippen LogP contribution is 2.01. The van der Waals surface area contributed by atoms with Gasteiger partial charge in [0.05, 0.1) is 0 Å². The Morgan fingerprint density at radius 2 is 0.724 bits per heavy atom. The van der Waals surface area contributed by atoms with Crippen molar-refractivity contribution < 1.29 is 0 Å². The Morgan fingerprint density at radius 1 is 0.414 bits per heavy atom. The first-order valence-electron chi connectivity index (χ1n) is 13.3. The fourth-order valence-electron chi connectivity index (χ4n) is 2.69. The molecule has 0 unspecified atom stereocenters. The van der Waals surface area contributed by atoms with Gasteiger partial charge in [-0.05, 0) is 84.3 Å². The Morgan fingerprint density at radius 3 is 1.00 bits per heavy atom. The maximum atomic E-state index is 3.39. The zero-order valence-corrected chi connectivity index (χ0v) is 21.9. The number of rotatable bonds is 19. The summed E-state index contributed by atoms with van der Waals surface area (Å²) in [4.78, 5) is 2.64. The third-order valence-corrected chi connectivity index (χ3v) is 4.86. The first-order chi connectivity index (χ1) is 14.2. The van der Waals surface area contributed by atoms with Gasteiger partial charge >= 0.3 is 0 Å². The summed E-state index contributed by atoms with van der Waals surface area (Å²) in [7, 11) is 0. The van der Waals surface area contributed by atoms with Crippen LogP contribution in [0.5, 0.6) is 0 Å². The largest absolute Gasteiger partial charge is 0.317 e. The van der Waals surface area contributed by atoms with Crippen LogP contribution >= 0.6 is 0 Å². The van der Waals surface area contributed by atoms with Crippen LogP contribution in [0.25, 0.3) is 0 Å². The number of unbranched alkanes of at least 4 members (excludes halogenated alkanes) is 6. The molecule has 0 aromatic heterocycles. The van der Waals surface area contributed by atoms with Crippen molar-refractivity contribution in [2.75, 3.05) is 45.8 Å². The highest BCUT2D eigenvalue weighted by atomic mass is 15.1. The van der Waals surface area contributed by atoms with Gasteiger partial charge in [-0.2, -0.15) is 0 Å². The van der Waals surface area contributed by atoms with Gasteiger partial charge in [0, 0.05) is 0 Å². The molecule has 0 saturated heterocycles. The average molecular weight is 416 g/mol. The fraction of sp³-hybridized carbons (Fsp3) is 1.00. The van der Waals surface area contributed by atoms with E-state index in [-0.39, 0.29) is 0 Å². The minimum absolute atomic E-state index is 1.11. The molecule has 0 aromatic carbocycles. The van der Waals surface area contributed by atoms with Gasteiger partial charge in [-0.15, -0.1) is 0 Å². The molecular weight excluding hydrogens is 354 g/mol.